The number of thiazole rings is 1. The highest BCUT2D eigenvalue weighted by molar-refractivity contribution is 7.09. The number of likely N-dealkylation sites (tertiary alicyclic amines) is 1. The quantitative estimate of drug-likeness (QED) is 0.803. The Bertz CT molecular complexity index is 345. The number of nitrogens with zero attached hydrogens (tertiary/aromatic N) is 2. The summed E-state index contributed by atoms with van der Waals surface area (Å²) in [6.07, 6.45) is 5.46. The molecule has 102 valence electrons. The molecule has 1 aliphatic heterocycles. The molecule has 0 spiro atoms. The first kappa shape index (κ1) is 14.0. The molecule has 1 fully saturated rings. The van der Waals surface area contributed by atoms with Crippen LogP contribution in [0.15, 0.2) is 5.51 Å². The first-order valence-electron chi connectivity index (χ1n) is 7.13. The van der Waals surface area contributed by atoms with Crippen molar-refractivity contribution in [3.63, 3.8) is 0 Å². The lowest BCUT2D eigenvalue weighted by molar-refractivity contribution is 0.225. The Balaban J connectivity index is 1.61. The van der Waals surface area contributed by atoms with Crippen molar-refractivity contribution in [2.45, 2.75) is 45.6 Å². The molecule has 4 heteroatoms. The van der Waals surface area contributed by atoms with Gasteiger partial charge in [0.25, 0.3) is 0 Å². The average molecular weight is 267 g/mol. The van der Waals surface area contributed by atoms with Crippen LogP contribution < -0.4 is 5.32 Å². The van der Waals surface area contributed by atoms with Gasteiger partial charge in [-0.1, -0.05) is 6.42 Å². The van der Waals surface area contributed by atoms with Gasteiger partial charge in [0.15, 0.2) is 0 Å². The second kappa shape index (κ2) is 7.22. The highest BCUT2D eigenvalue weighted by Gasteiger charge is 2.11. The molecule has 1 saturated heterocycles. The predicted molar refractivity (Wildman–Crippen MR) is 78.2 cm³/mol. The van der Waals surface area contributed by atoms with Gasteiger partial charge in [-0.2, -0.15) is 0 Å². The van der Waals surface area contributed by atoms with Crippen LogP contribution in [0.1, 0.15) is 49.2 Å². The average Bonchev–Trinajstić information content (AvgIpc) is 2.82. The third-order valence-electron chi connectivity index (χ3n) is 3.73. The summed E-state index contributed by atoms with van der Waals surface area (Å²) in [5.41, 5.74) is 3.12. The normalized spacial score (nSPS) is 19.0. The third-order valence-corrected chi connectivity index (χ3v) is 4.84. The van der Waals surface area contributed by atoms with Crippen molar-refractivity contribution in [1.82, 2.24) is 15.2 Å². The maximum absolute atomic E-state index is 4.31. The van der Waals surface area contributed by atoms with Gasteiger partial charge in [-0.25, -0.2) is 4.98 Å². The van der Waals surface area contributed by atoms with E-state index in [2.05, 4.69) is 29.0 Å². The smallest absolute Gasteiger partial charge is 0.0798 e. The van der Waals surface area contributed by atoms with E-state index in [0.717, 1.165) is 6.54 Å². The largest absolute Gasteiger partial charge is 0.309 e. The molecule has 1 atom stereocenters. The molecule has 18 heavy (non-hydrogen) atoms. The Morgan fingerprint density at radius 3 is 2.83 bits per heavy atom. The molecule has 0 radical (unpaired) electrons. The fourth-order valence-corrected chi connectivity index (χ4v) is 3.46. The van der Waals surface area contributed by atoms with Gasteiger partial charge in [-0.3, -0.25) is 0 Å². The van der Waals surface area contributed by atoms with E-state index in [1.165, 1.54) is 55.9 Å². The number of nitrogens with one attached hydrogen (secondary N) is 1. The fraction of sp³-hybridized carbons (Fsp3) is 0.786. The van der Waals surface area contributed by atoms with Crippen LogP contribution in [-0.2, 0) is 0 Å². The van der Waals surface area contributed by atoms with Crippen molar-refractivity contribution in [3.05, 3.63) is 16.1 Å². The molecule has 0 saturated carbocycles. The molecular formula is C14H25N3S. The van der Waals surface area contributed by atoms with Gasteiger partial charge in [0.05, 0.1) is 11.2 Å². The molecular weight excluding hydrogens is 242 g/mol. The first-order valence-corrected chi connectivity index (χ1v) is 8.01. The Hall–Kier alpha value is -0.450. The number of rotatable bonds is 6. The zero-order valence-electron chi connectivity index (χ0n) is 11.6. The van der Waals surface area contributed by atoms with Crippen molar-refractivity contribution in [1.29, 1.82) is 0 Å². The van der Waals surface area contributed by atoms with E-state index in [0.29, 0.717) is 6.04 Å². The lowest BCUT2D eigenvalue weighted by Crippen LogP contribution is -2.32. The van der Waals surface area contributed by atoms with E-state index in [4.69, 9.17) is 0 Å². The van der Waals surface area contributed by atoms with E-state index >= 15 is 0 Å². The highest BCUT2D eigenvalue weighted by Crippen LogP contribution is 2.20. The van der Waals surface area contributed by atoms with Crippen LogP contribution in [0.5, 0.6) is 0 Å². The van der Waals surface area contributed by atoms with E-state index in [-0.39, 0.29) is 0 Å². The van der Waals surface area contributed by atoms with Crippen LogP contribution in [-0.4, -0.2) is 36.1 Å². The molecule has 0 amide bonds. The van der Waals surface area contributed by atoms with E-state index < -0.39 is 0 Å². The summed E-state index contributed by atoms with van der Waals surface area (Å²) in [6, 6.07) is 0.443. The van der Waals surface area contributed by atoms with Gasteiger partial charge >= 0.3 is 0 Å². The Kier molecular flexibility index (Phi) is 5.60. The second-order valence-electron chi connectivity index (χ2n) is 5.23. The van der Waals surface area contributed by atoms with Gasteiger partial charge in [-0.15, -0.1) is 11.3 Å². The van der Waals surface area contributed by atoms with Crippen LogP contribution in [0.25, 0.3) is 0 Å². The topological polar surface area (TPSA) is 28.2 Å². The van der Waals surface area contributed by atoms with Crippen LogP contribution in [0, 0.1) is 6.92 Å². The third kappa shape index (κ3) is 4.04. The van der Waals surface area contributed by atoms with E-state index in [9.17, 15) is 0 Å². The number of piperidine rings is 1. The minimum absolute atomic E-state index is 0.443. The minimum Gasteiger partial charge on any atom is -0.309 e. The number of aryl methyl sites for hydroxylation is 1. The van der Waals surface area contributed by atoms with Crippen molar-refractivity contribution >= 4 is 11.3 Å². The van der Waals surface area contributed by atoms with Crippen LogP contribution in [0.3, 0.4) is 0 Å². The van der Waals surface area contributed by atoms with Crippen molar-refractivity contribution in [2.24, 2.45) is 0 Å². The summed E-state index contributed by atoms with van der Waals surface area (Å²) in [7, 11) is 0. The van der Waals surface area contributed by atoms with Gasteiger partial charge in [0, 0.05) is 10.9 Å². The molecule has 2 rings (SSSR count). The SMILES string of the molecule is Cc1ncsc1C(C)NCCCN1CCCCC1. The standard InChI is InChI=1S/C14H25N3S/c1-12(14-13(2)16-11-18-14)15-7-6-10-17-8-4-3-5-9-17/h11-12,15H,3-10H2,1-2H3. The fourth-order valence-electron chi connectivity index (χ4n) is 2.62. The predicted octanol–water partition coefficient (Wildman–Crippen LogP) is 2.98. The number of hydrogen-bond donors (Lipinski definition) is 1. The van der Waals surface area contributed by atoms with Gasteiger partial charge < -0.3 is 10.2 Å². The molecule has 3 nitrogen and oxygen atoms in total. The summed E-state index contributed by atoms with van der Waals surface area (Å²) in [5.74, 6) is 0. The zero-order chi connectivity index (χ0) is 12.8. The van der Waals surface area contributed by atoms with Gasteiger partial charge in [0.1, 0.15) is 0 Å². The summed E-state index contributed by atoms with van der Waals surface area (Å²) in [5, 5.41) is 3.61. The Labute approximate surface area is 115 Å². The summed E-state index contributed by atoms with van der Waals surface area (Å²) in [4.78, 5) is 8.30. The number of aromatic nitrogens is 1. The van der Waals surface area contributed by atoms with Gasteiger partial charge in [0.2, 0.25) is 0 Å². The molecule has 1 unspecified atom stereocenters. The molecule has 1 aliphatic rings. The molecule has 1 N–H and O–H groups in total. The first-order chi connectivity index (χ1) is 8.77. The monoisotopic (exact) mass is 267 g/mol. The van der Waals surface area contributed by atoms with Crippen molar-refractivity contribution in [2.75, 3.05) is 26.2 Å². The highest BCUT2D eigenvalue weighted by atomic mass is 32.1. The Morgan fingerprint density at radius 2 is 2.17 bits per heavy atom. The molecule has 2 heterocycles. The molecule has 0 bridgehead atoms. The number of hydrogen-bond acceptors (Lipinski definition) is 4. The summed E-state index contributed by atoms with van der Waals surface area (Å²) >= 11 is 1.76. The second-order valence-corrected chi connectivity index (χ2v) is 6.12. The van der Waals surface area contributed by atoms with Crippen molar-refractivity contribution in [3.8, 4) is 0 Å². The molecule has 1 aromatic heterocycles. The lowest BCUT2D eigenvalue weighted by Gasteiger charge is -2.26. The van der Waals surface area contributed by atoms with Crippen LogP contribution in [0.2, 0.25) is 0 Å². The molecule has 0 aromatic carbocycles. The minimum atomic E-state index is 0.443. The van der Waals surface area contributed by atoms with Crippen molar-refractivity contribution < 1.29 is 0 Å². The zero-order valence-corrected chi connectivity index (χ0v) is 12.4. The van der Waals surface area contributed by atoms with Crippen LogP contribution >= 0.6 is 11.3 Å². The van der Waals surface area contributed by atoms with E-state index in [1.807, 2.05) is 5.51 Å². The van der Waals surface area contributed by atoms with E-state index in [1.54, 1.807) is 11.3 Å². The lowest BCUT2D eigenvalue weighted by atomic mass is 10.1. The van der Waals surface area contributed by atoms with Crippen LogP contribution in [0.4, 0.5) is 0 Å². The molecule has 0 aliphatic carbocycles. The maximum Gasteiger partial charge on any atom is 0.0798 e. The summed E-state index contributed by atoms with van der Waals surface area (Å²) in [6.45, 7) is 9.31. The molecule has 1 aromatic rings. The van der Waals surface area contributed by atoms with Gasteiger partial charge in [-0.05, 0) is 59.3 Å². The Morgan fingerprint density at radius 1 is 1.39 bits per heavy atom. The maximum atomic E-state index is 4.31. The summed E-state index contributed by atoms with van der Waals surface area (Å²) < 4.78 is 0.